The lowest BCUT2D eigenvalue weighted by atomic mass is 10.0. The molecule has 0 saturated heterocycles. The van der Waals surface area contributed by atoms with E-state index < -0.39 is 17.6 Å². The van der Waals surface area contributed by atoms with Gasteiger partial charge in [-0.1, -0.05) is 29.8 Å². The zero-order chi connectivity index (χ0) is 21.5. The van der Waals surface area contributed by atoms with Crippen LogP contribution >= 0.6 is 0 Å². The number of benzene rings is 2. The van der Waals surface area contributed by atoms with E-state index >= 15 is 0 Å². The molecule has 1 N–H and O–H groups in total. The fraction of sp³-hybridized carbons (Fsp3) is 0.227. The highest BCUT2D eigenvalue weighted by molar-refractivity contribution is 5.94. The Morgan fingerprint density at radius 1 is 1.07 bits per heavy atom. The van der Waals surface area contributed by atoms with Gasteiger partial charge in [0.25, 0.3) is 11.5 Å². The van der Waals surface area contributed by atoms with Crippen molar-refractivity contribution in [2.24, 2.45) is 0 Å². The Hall–Kier alpha value is -3.42. The lowest BCUT2D eigenvalue weighted by molar-refractivity contribution is -0.137. The summed E-state index contributed by atoms with van der Waals surface area (Å²) >= 11 is 0. The fourth-order valence-corrected chi connectivity index (χ4v) is 3.43. The highest BCUT2D eigenvalue weighted by Crippen LogP contribution is 2.29. The van der Waals surface area contributed by atoms with E-state index in [9.17, 15) is 22.8 Å². The predicted molar refractivity (Wildman–Crippen MR) is 105 cm³/mol. The Morgan fingerprint density at radius 3 is 2.37 bits per heavy atom. The van der Waals surface area contributed by atoms with Gasteiger partial charge in [0.1, 0.15) is 5.82 Å². The van der Waals surface area contributed by atoms with Gasteiger partial charge in [0.05, 0.1) is 23.4 Å². The van der Waals surface area contributed by atoms with Crippen molar-refractivity contribution >= 4 is 5.91 Å². The third-order valence-corrected chi connectivity index (χ3v) is 5.14. The number of amides is 1. The number of hydrogen-bond donors (Lipinski definition) is 1. The molecule has 0 bridgehead atoms. The lowest BCUT2D eigenvalue weighted by Gasteiger charge is -2.28. The molecule has 0 spiro atoms. The van der Waals surface area contributed by atoms with Gasteiger partial charge in [-0.15, -0.1) is 0 Å². The third kappa shape index (κ3) is 3.85. The van der Waals surface area contributed by atoms with Crippen molar-refractivity contribution in [3.8, 4) is 11.4 Å². The predicted octanol–water partition coefficient (Wildman–Crippen LogP) is 3.96. The first-order chi connectivity index (χ1) is 14.2. The van der Waals surface area contributed by atoms with Gasteiger partial charge in [-0.05, 0) is 31.2 Å². The zero-order valence-electron chi connectivity index (χ0n) is 16.1. The summed E-state index contributed by atoms with van der Waals surface area (Å²) < 4.78 is 38.2. The third-order valence-electron chi connectivity index (χ3n) is 5.14. The lowest BCUT2D eigenvalue weighted by Crippen LogP contribution is -2.39. The number of halogens is 3. The quantitative estimate of drug-likeness (QED) is 0.692. The van der Waals surface area contributed by atoms with E-state index in [2.05, 4.69) is 9.97 Å². The van der Waals surface area contributed by atoms with Crippen LogP contribution in [0.1, 0.15) is 32.7 Å². The van der Waals surface area contributed by atoms with Crippen LogP contribution in [0.5, 0.6) is 0 Å². The van der Waals surface area contributed by atoms with Gasteiger partial charge < -0.3 is 9.88 Å². The molecule has 0 radical (unpaired) electrons. The van der Waals surface area contributed by atoms with Crippen LogP contribution in [-0.4, -0.2) is 27.3 Å². The van der Waals surface area contributed by atoms with E-state index in [1.165, 1.54) is 4.90 Å². The highest BCUT2D eigenvalue weighted by atomic mass is 19.4. The molecule has 8 heteroatoms. The number of carbonyl (C=O) groups excluding carboxylic acids is 1. The topological polar surface area (TPSA) is 66.1 Å². The molecular weight excluding hydrogens is 395 g/mol. The summed E-state index contributed by atoms with van der Waals surface area (Å²) in [5.74, 6) is 0.0534. The second kappa shape index (κ2) is 7.44. The normalized spacial score (nSPS) is 13.8. The maximum absolute atomic E-state index is 12.7. The van der Waals surface area contributed by atoms with E-state index in [1.54, 1.807) is 0 Å². The van der Waals surface area contributed by atoms with Crippen LogP contribution in [-0.2, 0) is 19.1 Å². The molecule has 1 aromatic heterocycles. The standard InChI is InChI=1S/C22H18F3N3O2/c1-13-2-4-14(5-3-13)19-26-18-10-11-28(12-17(18)20(29)27-19)21(30)15-6-8-16(9-7-15)22(23,24)25/h2-9H,10-12H2,1H3,(H,26,27,29). The maximum atomic E-state index is 12.7. The molecule has 4 rings (SSSR count). The minimum atomic E-state index is -4.46. The Kier molecular flexibility index (Phi) is 4.93. The minimum Gasteiger partial charge on any atom is -0.334 e. The number of H-pyrrole nitrogens is 1. The first-order valence-electron chi connectivity index (χ1n) is 9.38. The second-order valence-electron chi connectivity index (χ2n) is 7.26. The van der Waals surface area contributed by atoms with Gasteiger partial charge in [0, 0.05) is 24.1 Å². The fourth-order valence-electron chi connectivity index (χ4n) is 3.43. The van der Waals surface area contributed by atoms with Crippen LogP contribution in [0.3, 0.4) is 0 Å². The molecule has 0 fully saturated rings. The van der Waals surface area contributed by atoms with Crippen LogP contribution in [0.15, 0.2) is 53.3 Å². The molecule has 0 unspecified atom stereocenters. The van der Waals surface area contributed by atoms with E-state index in [-0.39, 0.29) is 17.7 Å². The number of fused-ring (bicyclic) bond motifs is 1. The number of aromatic nitrogens is 2. The maximum Gasteiger partial charge on any atom is 0.416 e. The Balaban J connectivity index is 1.57. The SMILES string of the molecule is Cc1ccc(-c2nc3c(c(=O)[nH]2)CN(C(=O)c2ccc(C(F)(F)F)cc2)CC3)cc1. The summed E-state index contributed by atoms with van der Waals surface area (Å²) in [6, 6.07) is 11.7. The molecule has 5 nitrogen and oxygen atoms in total. The summed E-state index contributed by atoms with van der Waals surface area (Å²) in [6.45, 7) is 2.36. The molecule has 2 heterocycles. The Morgan fingerprint density at radius 2 is 1.73 bits per heavy atom. The van der Waals surface area contributed by atoms with Crippen molar-refractivity contribution in [1.82, 2.24) is 14.9 Å². The van der Waals surface area contributed by atoms with Crippen molar-refractivity contribution in [3.63, 3.8) is 0 Å². The molecule has 2 aromatic carbocycles. The molecule has 0 saturated carbocycles. The second-order valence-corrected chi connectivity index (χ2v) is 7.26. The zero-order valence-corrected chi connectivity index (χ0v) is 16.1. The van der Waals surface area contributed by atoms with Gasteiger partial charge in [-0.2, -0.15) is 13.2 Å². The van der Waals surface area contributed by atoms with E-state index in [0.29, 0.717) is 30.0 Å². The number of rotatable bonds is 2. The molecule has 30 heavy (non-hydrogen) atoms. The molecule has 1 amide bonds. The van der Waals surface area contributed by atoms with Crippen LogP contribution < -0.4 is 5.56 Å². The molecule has 1 aliphatic heterocycles. The summed E-state index contributed by atoms with van der Waals surface area (Å²) in [7, 11) is 0. The van der Waals surface area contributed by atoms with E-state index in [4.69, 9.17) is 0 Å². The summed E-state index contributed by atoms with van der Waals surface area (Å²) in [6.07, 6.45) is -4.07. The van der Waals surface area contributed by atoms with Gasteiger partial charge >= 0.3 is 6.18 Å². The molecular formula is C22H18F3N3O2. The van der Waals surface area contributed by atoms with Gasteiger partial charge in [-0.25, -0.2) is 4.98 Å². The number of aromatic amines is 1. The van der Waals surface area contributed by atoms with Gasteiger partial charge in [0.2, 0.25) is 0 Å². The number of hydrogen-bond acceptors (Lipinski definition) is 3. The molecule has 1 aliphatic rings. The van der Waals surface area contributed by atoms with E-state index in [1.807, 2.05) is 31.2 Å². The van der Waals surface area contributed by atoms with Crippen LogP contribution in [0.2, 0.25) is 0 Å². The Labute approximate surface area is 170 Å². The average molecular weight is 413 g/mol. The summed E-state index contributed by atoms with van der Waals surface area (Å²) in [5, 5.41) is 0. The van der Waals surface area contributed by atoms with Crippen LogP contribution in [0.25, 0.3) is 11.4 Å². The van der Waals surface area contributed by atoms with Gasteiger partial charge in [-0.3, -0.25) is 9.59 Å². The first kappa shape index (κ1) is 19.9. The highest BCUT2D eigenvalue weighted by Gasteiger charge is 2.31. The monoisotopic (exact) mass is 413 g/mol. The number of carbonyl (C=O) groups is 1. The van der Waals surface area contributed by atoms with Crippen LogP contribution in [0, 0.1) is 6.92 Å². The summed E-state index contributed by atoms with van der Waals surface area (Å²) in [5.41, 5.74) is 1.93. The van der Waals surface area contributed by atoms with Gasteiger partial charge in [0.15, 0.2) is 0 Å². The Bertz CT molecular complexity index is 1150. The smallest absolute Gasteiger partial charge is 0.334 e. The first-order valence-corrected chi connectivity index (χ1v) is 9.38. The number of nitrogens with zero attached hydrogens (tertiary/aromatic N) is 2. The average Bonchev–Trinajstić information content (AvgIpc) is 2.73. The largest absolute Gasteiger partial charge is 0.416 e. The van der Waals surface area contributed by atoms with Crippen LogP contribution in [0.4, 0.5) is 13.2 Å². The van der Waals surface area contributed by atoms with Crippen molar-refractivity contribution in [3.05, 3.63) is 86.8 Å². The number of nitrogens with one attached hydrogen (secondary N) is 1. The van der Waals surface area contributed by atoms with Crippen molar-refractivity contribution in [2.45, 2.75) is 26.1 Å². The van der Waals surface area contributed by atoms with Crippen molar-refractivity contribution < 1.29 is 18.0 Å². The molecule has 0 aliphatic carbocycles. The van der Waals surface area contributed by atoms with Crippen molar-refractivity contribution in [2.75, 3.05) is 6.54 Å². The molecule has 3 aromatic rings. The minimum absolute atomic E-state index is 0.0612. The van der Waals surface area contributed by atoms with Crippen molar-refractivity contribution in [1.29, 1.82) is 0 Å². The molecule has 154 valence electrons. The van der Waals surface area contributed by atoms with E-state index in [0.717, 1.165) is 35.4 Å². The summed E-state index contributed by atoms with van der Waals surface area (Å²) in [4.78, 5) is 34.1. The number of aryl methyl sites for hydroxylation is 1. The number of alkyl halides is 3. The molecule has 0 atom stereocenters.